The van der Waals surface area contributed by atoms with E-state index in [1.54, 1.807) is 26.6 Å². The summed E-state index contributed by atoms with van der Waals surface area (Å²) in [5.41, 5.74) is 0. The lowest BCUT2D eigenvalue weighted by molar-refractivity contribution is -0.132. The van der Waals surface area contributed by atoms with Crippen LogP contribution >= 0.6 is 0 Å². The fraction of sp³-hybridized carbons (Fsp3) is 0.545. The molecular weight excluding hydrogens is 236 g/mol. The van der Waals surface area contributed by atoms with E-state index in [-0.39, 0.29) is 5.91 Å². The average Bonchev–Trinajstić information content (AvgIpc) is 2.46. The van der Waals surface area contributed by atoms with Crippen LogP contribution in [0.15, 0.2) is 12.4 Å². The molecule has 0 bridgehead atoms. The number of likely N-dealkylation sites (N-methyl/N-ethyl adjacent to an activating group) is 1. The molecule has 2 rings (SSSR count). The number of carbonyl (C=O) groups is 1. The number of ether oxygens (including phenoxy) is 2. The molecule has 0 saturated carbocycles. The summed E-state index contributed by atoms with van der Waals surface area (Å²) in [6.07, 6.45) is 2.73. The Morgan fingerprint density at radius 3 is 2.89 bits per heavy atom. The first-order valence-corrected chi connectivity index (χ1v) is 5.68. The maximum atomic E-state index is 11.5. The summed E-state index contributed by atoms with van der Waals surface area (Å²) in [6, 6.07) is 0. The Kier molecular flexibility index (Phi) is 3.93. The molecule has 1 atom stereocenters. The minimum atomic E-state index is -0.477. The molecule has 18 heavy (non-hydrogen) atoms. The second-order valence-corrected chi connectivity index (χ2v) is 3.84. The van der Waals surface area contributed by atoms with Crippen LogP contribution in [0.25, 0.3) is 0 Å². The smallest absolute Gasteiger partial charge is 0.250 e. The molecule has 1 fully saturated rings. The molecule has 0 aromatic carbocycles. The van der Waals surface area contributed by atoms with E-state index in [4.69, 9.17) is 9.47 Å². The van der Waals surface area contributed by atoms with E-state index in [1.165, 1.54) is 0 Å². The number of carbonyl (C=O) groups excluding carboxylic acids is 1. The number of rotatable bonds is 3. The van der Waals surface area contributed by atoms with Gasteiger partial charge >= 0.3 is 0 Å². The third-order valence-electron chi connectivity index (χ3n) is 2.74. The maximum Gasteiger partial charge on any atom is 0.250 e. The van der Waals surface area contributed by atoms with Gasteiger partial charge in [0.05, 0.1) is 32.7 Å². The van der Waals surface area contributed by atoms with E-state index in [1.807, 2.05) is 4.90 Å². The molecule has 1 aromatic heterocycles. The quantitative estimate of drug-likeness (QED) is 0.777. The van der Waals surface area contributed by atoms with Crippen molar-refractivity contribution in [3.05, 3.63) is 12.4 Å². The van der Waals surface area contributed by atoms with Crippen molar-refractivity contribution in [3.8, 4) is 5.75 Å². The Bertz CT molecular complexity index is 409. The van der Waals surface area contributed by atoms with Crippen molar-refractivity contribution < 1.29 is 14.3 Å². The van der Waals surface area contributed by atoms with Crippen LogP contribution in [-0.2, 0) is 9.53 Å². The van der Waals surface area contributed by atoms with Gasteiger partial charge in [-0.2, -0.15) is 0 Å². The second-order valence-electron chi connectivity index (χ2n) is 3.84. The summed E-state index contributed by atoms with van der Waals surface area (Å²) in [7, 11) is 3.16. The van der Waals surface area contributed by atoms with Crippen molar-refractivity contribution in [2.75, 3.05) is 38.8 Å². The fourth-order valence-corrected chi connectivity index (χ4v) is 1.73. The van der Waals surface area contributed by atoms with E-state index < -0.39 is 6.10 Å². The molecule has 1 aromatic rings. The predicted molar refractivity (Wildman–Crippen MR) is 64.6 cm³/mol. The van der Waals surface area contributed by atoms with Crippen LogP contribution < -0.4 is 15.0 Å². The van der Waals surface area contributed by atoms with Gasteiger partial charge in [0.1, 0.15) is 0 Å². The van der Waals surface area contributed by atoms with Gasteiger partial charge in [-0.3, -0.25) is 4.79 Å². The standard InChI is InChI=1S/C11H16N4O3/c1-12-10(16)9-7-15(3-4-18-9)11-13-5-8(17-2)6-14-11/h5-6,9H,3-4,7H2,1-2H3,(H,12,16). The van der Waals surface area contributed by atoms with Crippen LogP contribution in [0.3, 0.4) is 0 Å². The number of nitrogens with one attached hydrogen (secondary N) is 1. The summed E-state index contributed by atoms with van der Waals surface area (Å²) in [5.74, 6) is 1.05. The molecule has 7 nitrogen and oxygen atoms in total. The first kappa shape index (κ1) is 12.6. The SMILES string of the molecule is CNC(=O)C1CN(c2ncc(OC)cn2)CCO1. The topological polar surface area (TPSA) is 76.6 Å². The van der Waals surface area contributed by atoms with E-state index in [9.17, 15) is 4.79 Å². The molecular formula is C11H16N4O3. The van der Waals surface area contributed by atoms with Crippen molar-refractivity contribution in [2.24, 2.45) is 0 Å². The lowest BCUT2D eigenvalue weighted by atomic mass is 10.2. The zero-order valence-electron chi connectivity index (χ0n) is 10.4. The number of methoxy groups -OCH3 is 1. The van der Waals surface area contributed by atoms with Gasteiger partial charge in [0.2, 0.25) is 5.95 Å². The molecule has 0 aliphatic carbocycles. The molecule has 1 aliphatic heterocycles. The van der Waals surface area contributed by atoms with Crippen LogP contribution in [0.2, 0.25) is 0 Å². The van der Waals surface area contributed by atoms with E-state index >= 15 is 0 Å². The molecule has 2 heterocycles. The van der Waals surface area contributed by atoms with Gasteiger partial charge in [-0.25, -0.2) is 9.97 Å². The summed E-state index contributed by atoms with van der Waals surface area (Å²) >= 11 is 0. The van der Waals surface area contributed by atoms with Crippen molar-refractivity contribution in [1.29, 1.82) is 0 Å². The number of morpholine rings is 1. The largest absolute Gasteiger partial charge is 0.494 e. The minimum absolute atomic E-state index is 0.131. The number of amides is 1. The normalized spacial score (nSPS) is 19.4. The summed E-state index contributed by atoms with van der Waals surface area (Å²) in [5, 5.41) is 2.57. The van der Waals surface area contributed by atoms with Gasteiger partial charge in [-0.05, 0) is 0 Å². The Balaban J connectivity index is 2.05. The van der Waals surface area contributed by atoms with Crippen LogP contribution in [0.5, 0.6) is 5.75 Å². The lowest BCUT2D eigenvalue weighted by Gasteiger charge is -2.31. The third-order valence-corrected chi connectivity index (χ3v) is 2.74. The number of hydrogen-bond acceptors (Lipinski definition) is 6. The number of hydrogen-bond donors (Lipinski definition) is 1. The van der Waals surface area contributed by atoms with Crippen LogP contribution in [-0.4, -0.2) is 55.8 Å². The van der Waals surface area contributed by atoms with Gasteiger partial charge in [0.25, 0.3) is 5.91 Å². The van der Waals surface area contributed by atoms with Crippen LogP contribution in [0, 0.1) is 0 Å². The monoisotopic (exact) mass is 252 g/mol. The highest BCUT2D eigenvalue weighted by Crippen LogP contribution is 2.15. The Morgan fingerprint density at radius 1 is 1.56 bits per heavy atom. The van der Waals surface area contributed by atoms with Crippen molar-refractivity contribution in [1.82, 2.24) is 15.3 Å². The Morgan fingerprint density at radius 2 is 2.28 bits per heavy atom. The minimum Gasteiger partial charge on any atom is -0.494 e. The van der Waals surface area contributed by atoms with E-state index in [0.29, 0.717) is 31.4 Å². The van der Waals surface area contributed by atoms with Crippen LogP contribution in [0.4, 0.5) is 5.95 Å². The zero-order valence-corrected chi connectivity index (χ0v) is 10.4. The highest BCUT2D eigenvalue weighted by atomic mass is 16.5. The molecule has 1 aliphatic rings. The summed E-state index contributed by atoms with van der Waals surface area (Å²) in [6.45, 7) is 1.60. The summed E-state index contributed by atoms with van der Waals surface area (Å²) < 4.78 is 10.4. The molecule has 1 unspecified atom stereocenters. The molecule has 0 radical (unpaired) electrons. The van der Waals surface area contributed by atoms with E-state index in [0.717, 1.165) is 0 Å². The fourth-order valence-electron chi connectivity index (χ4n) is 1.73. The highest BCUT2D eigenvalue weighted by molar-refractivity contribution is 5.81. The molecule has 7 heteroatoms. The van der Waals surface area contributed by atoms with Crippen molar-refractivity contribution >= 4 is 11.9 Å². The Hall–Kier alpha value is -1.89. The molecule has 98 valence electrons. The van der Waals surface area contributed by atoms with Crippen molar-refractivity contribution in [3.63, 3.8) is 0 Å². The van der Waals surface area contributed by atoms with Crippen molar-refractivity contribution in [2.45, 2.75) is 6.10 Å². The first-order valence-electron chi connectivity index (χ1n) is 5.68. The average molecular weight is 252 g/mol. The lowest BCUT2D eigenvalue weighted by Crippen LogP contribution is -2.49. The first-order chi connectivity index (χ1) is 8.74. The third kappa shape index (κ3) is 2.67. The van der Waals surface area contributed by atoms with Gasteiger partial charge in [0, 0.05) is 13.6 Å². The van der Waals surface area contributed by atoms with E-state index in [2.05, 4.69) is 15.3 Å². The van der Waals surface area contributed by atoms with Gasteiger partial charge in [-0.1, -0.05) is 0 Å². The molecule has 1 amide bonds. The molecule has 1 saturated heterocycles. The summed E-state index contributed by atoms with van der Waals surface area (Å²) in [4.78, 5) is 21.8. The van der Waals surface area contributed by atoms with Gasteiger partial charge < -0.3 is 19.7 Å². The van der Waals surface area contributed by atoms with Crippen LogP contribution in [0.1, 0.15) is 0 Å². The predicted octanol–water partition coefficient (Wildman–Crippen LogP) is -0.564. The van der Waals surface area contributed by atoms with Gasteiger partial charge in [0.15, 0.2) is 11.9 Å². The molecule has 1 N–H and O–H groups in total. The Labute approximate surface area is 105 Å². The zero-order chi connectivity index (χ0) is 13.0. The second kappa shape index (κ2) is 5.63. The maximum absolute atomic E-state index is 11.5. The number of aromatic nitrogens is 2. The molecule has 0 spiro atoms. The number of anilines is 1. The van der Waals surface area contributed by atoms with Gasteiger partial charge in [-0.15, -0.1) is 0 Å². The highest BCUT2D eigenvalue weighted by Gasteiger charge is 2.27. The number of nitrogens with zero attached hydrogens (tertiary/aromatic N) is 3.